The molecule has 1 N–H and O–H groups in total. The molecule has 1 saturated heterocycles. The van der Waals surface area contributed by atoms with Crippen molar-refractivity contribution in [3.8, 4) is 0 Å². The third-order valence-electron chi connectivity index (χ3n) is 7.13. The number of rotatable bonds is 6. The standard InChI is InChI=1S/C22H42N2O5Si2/c1-15-13-24(20(26)23-19(15)25)18-12-16(29-31(10,11)22(5,6)7)17(28-18)14-27-30(8,9)21(2,3)4/h13,16-18H,12,14H2,1-11H3,(H,23,25,26)/t16?,17-,18+/m0/s1/i1D3. The Morgan fingerprint density at radius 3 is 2.23 bits per heavy atom. The molecule has 0 aromatic carbocycles. The predicted molar refractivity (Wildman–Crippen MR) is 130 cm³/mol. The van der Waals surface area contributed by atoms with Crippen LogP contribution in [0, 0.1) is 6.85 Å². The predicted octanol–water partition coefficient (Wildman–Crippen LogP) is 4.54. The Hall–Kier alpha value is -1.01. The molecule has 0 saturated carbocycles. The molecule has 1 aliphatic rings. The lowest BCUT2D eigenvalue weighted by molar-refractivity contribution is -0.0413. The molecule has 1 unspecified atom stereocenters. The molecule has 3 atom stereocenters. The summed E-state index contributed by atoms with van der Waals surface area (Å²) in [5, 5.41) is -0.00949. The quantitative estimate of drug-likeness (QED) is 0.613. The van der Waals surface area contributed by atoms with Crippen LogP contribution in [0.2, 0.25) is 36.3 Å². The summed E-state index contributed by atoms with van der Waals surface area (Å²) in [7, 11) is -4.24. The molecule has 0 amide bonds. The molecule has 0 radical (unpaired) electrons. The van der Waals surface area contributed by atoms with Crippen LogP contribution in [0.25, 0.3) is 0 Å². The third-order valence-corrected chi connectivity index (χ3v) is 16.1. The molecule has 0 spiro atoms. The molecule has 7 nitrogen and oxygen atoms in total. The average Bonchev–Trinajstić information content (AvgIpc) is 2.98. The summed E-state index contributed by atoms with van der Waals surface area (Å²) in [6, 6.07) is 0. The Kier molecular flexibility index (Phi) is 6.15. The van der Waals surface area contributed by atoms with Gasteiger partial charge in [0.15, 0.2) is 16.6 Å². The minimum atomic E-state index is -2.65. The molecule has 2 rings (SSSR count). The molecule has 178 valence electrons. The van der Waals surface area contributed by atoms with Gasteiger partial charge in [-0.05, 0) is 43.1 Å². The van der Waals surface area contributed by atoms with Crippen molar-refractivity contribution in [1.29, 1.82) is 0 Å². The molecule has 1 aliphatic heterocycles. The fraction of sp³-hybridized carbons (Fsp3) is 0.818. The summed E-state index contributed by atoms with van der Waals surface area (Å²) in [4.78, 5) is 26.8. The first-order valence-electron chi connectivity index (χ1n) is 12.4. The van der Waals surface area contributed by atoms with Crippen LogP contribution < -0.4 is 11.2 Å². The fourth-order valence-electron chi connectivity index (χ4n) is 2.91. The highest BCUT2D eigenvalue weighted by atomic mass is 28.4. The van der Waals surface area contributed by atoms with E-state index in [1.807, 2.05) is 0 Å². The molecule has 1 aromatic rings. The van der Waals surface area contributed by atoms with E-state index in [1.54, 1.807) is 0 Å². The van der Waals surface area contributed by atoms with Crippen LogP contribution in [0.1, 0.15) is 63.9 Å². The van der Waals surface area contributed by atoms with E-state index in [1.165, 1.54) is 0 Å². The number of nitrogens with zero attached hydrogens (tertiary/aromatic N) is 1. The summed E-state index contributed by atoms with van der Waals surface area (Å²) in [5.74, 6) is 0. The van der Waals surface area contributed by atoms with Crippen molar-refractivity contribution in [2.75, 3.05) is 6.61 Å². The third kappa shape index (κ3) is 5.87. The second-order valence-electron chi connectivity index (χ2n) is 11.6. The van der Waals surface area contributed by atoms with Gasteiger partial charge in [0.2, 0.25) is 0 Å². The second-order valence-corrected chi connectivity index (χ2v) is 21.1. The van der Waals surface area contributed by atoms with Crippen LogP contribution >= 0.6 is 0 Å². The number of H-pyrrole nitrogens is 1. The highest BCUT2D eigenvalue weighted by molar-refractivity contribution is 6.74. The maximum Gasteiger partial charge on any atom is 0.330 e. The first kappa shape index (κ1) is 21.8. The largest absolute Gasteiger partial charge is 0.414 e. The monoisotopic (exact) mass is 473 g/mol. The Labute approximate surface area is 193 Å². The van der Waals surface area contributed by atoms with Crippen molar-refractivity contribution in [1.82, 2.24) is 9.55 Å². The zero-order chi connectivity index (χ0) is 26.5. The normalized spacial score (nSPS) is 25.2. The van der Waals surface area contributed by atoms with E-state index in [0.717, 1.165) is 10.8 Å². The van der Waals surface area contributed by atoms with Crippen molar-refractivity contribution in [2.24, 2.45) is 0 Å². The van der Waals surface area contributed by atoms with Crippen LogP contribution in [0.3, 0.4) is 0 Å². The van der Waals surface area contributed by atoms with Gasteiger partial charge in [0, 0.05) is 22.3 Å². The van der Waals surface area contributed by atoms with E-state index in [2.05, 4.69) is 72.7 Å². The number of hydrogen-bond acceptors (Lipinski definition) is 5. The lowest BCUT2D eigenvalue weighted by Gasteiger charge is -2.40. The van der Waals surface area contributed by atoms with Gasteiger partial charge in [-0.1, -0.05) is 41.5 Å². The molecule has 0 aliphatic carbocycles. The van der Waals surface area contributed by atoms with Gasteiger partial charge in [0.05, 0.1) is 12.7 Å². The molecule has 31 heavy (non-hydrogen) atoms. The summed E-state index contributed by atoms with van der Waals surface area (Å²) in [5.41, 5.74) is -2.07. The summed E-state index contributed by atoms with van der Waals surface area (Å²) in [6.07, 6.45) is -0.0776. The molecular formula is C22H42N2O5Si2. The van der Waals surface area contributed by atoms with Crippen molar-refractivity contribution >= 4 is 16.6 Å². The van der Waals surface area contributed by atoms with E-state index < -0.39 is 52.6 Å². The van der Waals surface area contributed by atoms with Gasteiger partial charge in [0.1, 0.15) is 12.3 Å². The molecule has 2 heterocycles. The lowest BCUT2D eigenvalue weighted by Crippen LogP contribution is -2.48. The highest BCUT2D eigenvalue weighted by Gasteiger charge is 2.46. The number of aryl methyl sites for hydroxylation is 1. The van der Waals surface area contributed by atoms with Gasteiger partial charge < -0.3 is 13.6 Å². The van der Waals surface area contributed by atoms with Crippen LogP contribution in [0.4, 0.5) is 0 Å². The van der Waals surface area contributed by atoms with Gasteiger partial charge in [-0.25, -0.2) is 4.79 Å². The van der Waals surface area contributed by atoms with Gasteiger partial charge in [-0.15, -0.1) is 0 Å². The minimum absolute atomic E-state index is 0.0191. The fourth-order valence-corrected chi connectivity index (χ4v) is 5.28. The van der Waals surface area contributed by atoms with Gasteiger partial charge in [0.25, 0.3) is 5.56 Å². The zero-order valence-electron chi connectivity index (χ0n) is 23.7. The summed E-state index contributed by atoms with van der Waals surface area (Å²) >= 11 is 0. The molecule has 9 heteroatoms. The van der Waals surface area contributed by atoms with Gasteiger partial charge >= 0.3 is 5.69 Å². The summed E-state index contributed by atoms with van der Waals surface area (Å²) in [6.45, 7) is 19.3. The number of aromatic amines is 1. The SMILES string of the molecule is [2H]C([2H])([2H])c1cn([C@H]2CC(O[Si](C)(C)C(C)(C)C)[C@H](CO[Si](C)(C)C(C)(C)C)O2)c(=O)[nH]c1=O. The topological polar surface area (TPSA) is 82.6 Å². The highest BCUT2D eigenvalue weighted by Crippen LogP contribution is 2.42. The first-order valence-corrected chi connectivity index (χ1v) is 16.7. The number of ether oxygens (including phenoxy) is 1. The van der Waals surface area contributed by atoms with Crippen molar-refractivity contribution < 1.29 is 17.7 Å². The van der Waals surface area contributed by atoms with E-state index in [-0.39, 0.29) is 16.2 Å². The van der Waals surface area contributed by atoms with Crippen LogP contribution in [0.5, 0.6) is 0 Å². The molecule has 1 fully saturated rings. The van der Waals surface area contributed by atoms with E-state index in [4.69, 9.17) is 17.7 Å². The molecule has 1 aromatic heterocycles. The van der Waals surface area contributed by atoms with E-state index in [0.29, 0.717) is 13.0 Å². The van der Waals surface area contributed by atoms with Gasteiger partial charge in [-0.2, -0.15) is 0 Å². The Morgan fingerprint density at radius 2 is 1.71 bits per heavy atom. The smallest absolute Gasteiger partial charge is 0.330 e. The maximum absolute atomic E-state index is 12.6. The van der Waals surface area contributed by atoms with Crippen LogP contribution in [-0.2, 0) is 13.6 Å². The van der Waals surface area contributed by atoms with Crippen LogP contribution in [0.15, 0.2) is 15.8 Å². The van der Waals surface area contributed by atoms with Gasteiger partial charge in [-0.3, -0.25) is 14.3 Å². The lowest BCUT2D eigenvalue weighted by atomic mass is 10.2. The summed E-state index contributed by atoms with van der Waals surface area (Å²) < 4.78 is 43.5. The van der Waals surface area contributed by atoms with Crippen molar-refractivity contribution in [3.05, 3.63) is 32.6 Å². The van der Waals surface area contributed by atoms with E-state index >= 15 is 0 Å². The van der Waals surface area contributed by atoms with Crippen molar-refractivity contribution in [2.45, 2.75) is 110 Å². The second kappa shape index (κ2) is 8.74. The van der Waals surface area contributed by atoms with Crippen LogP contribution in [-0.4, -0.2) is 45.0 Å². The molecular weight excluding hydrogens is 428 g/mol. The Morgan fingerprint density at radius 1 is 1.13 bits per heavy atom. The number of nitrogens with one attached hydrogen (secondary N) is 1. The van der Waals surface area contributed by atoms with Crippen molar-refractivity contribution in [3.63, 3.8) is 0 Å². The van der Waals surface area contributed by atoms with E-state index in [9.17, 15) is 9.59 Å². The maximum atomic E-state index is 12.6. The zero-order valence-corrected chi connectivity index (χ0v) is 22.7. The minimum Gasteiger partial charge on any atom is -0.414 e. The Balaban J connectivity index is 2.41. The molecule has 0 bridgehead atoms. The number of aromatic nitrogens is 2. The number of hydrogen-bond donors (Lipinski definition) is 1. The Bertz CT molecular complexity index is 990. The average molecular weight is 474 g/mol. The first-order chi connectivity index (χ1) is 15.1.